The lowest BCUT2D eigenvalue weighted by atomic mass is 9.99. The Morgan fingerprint density at radius 3 is 1.32 bits per heavy atom. The van der Waals surface area contributed by atoms with E-state index in [0.717, 1.165) is 19.3 Å². The molecular formula is C44H86O6. The lowest BCUT2D eigenvalue weighted by Gasteiger charge is -2.21. The van der Waals surface area contributed by atoms with Gasteiger partial charge in [0.05, 0.1) is 18.3 Å². The van der Waals surface area contributed by atoms with E-state index in [1.165, 1.54) is 141 Å². The van der Waals surface area contributed by atoms with Gasteiger partial charge in [0.1, 0.15) is 18.3 Å². The number of hydrogen-bond donors (Lipinski definition) is 2. The Kier molecular flexibility index (Phi) is 27.5. The Morgan fingerprint density at radius 2 is 0.860 bits per heavy atom. The van der Waals surface area contributed by atoms with Crippen LogP contribution in [0.2, 0.25) is 0 Å². The minimum Gasteiger partial charge on any atom is -0.390 e. The number of aliphatic hydroxyl groups excluding tert-OH is 2. The van der Waals surface area contributed by atoms with Crippen molar-refractivity contribution < 1.29 is 29.2 Å². The molecule has 0 saturated carbocycles. The molecule has 2 aliphatic heterocycles. The monoisotopic (exact) mass is 711 g/mol. The highest BCUT2D eigenvalue weighted by molar-refractivity contribution is 5.00. The molecule has 2 aliphatic rings. The van der Waals surface area contributed by atoms with Gasteiger partial charge < -0.3 is 29.2 Å². The van der Waals surface area contributed by atoms with Crippen molar-refractivity contribution in [3.63, 3.8) is 0 Å². The molecule has 6 nitrogen and oxygen atoms in total. The summed E-state index contributed by atoms with van der Waals surface area (Å²) in [5, 5.41) is 20.3. The van der Waals surface area contributed by atoms with Gasteiger partial charge in [-0.25, -0.2) is 0 Å². The molecule has 0 aliphatic carbocycles. The van der Waals surface area contributed by atoms with Gasteiger partial charge in [-0.05, 0) is 59.8 Å². The lowest BCUT2D eigenvalue weighted by molar-refractivity contribution is -0.155. The number of hydrogen-bond acceptors (Lipinski definition) is 6. The molecule has 0 amide bonds. The molecule has 50 heavy (non-hydrogen) atoms. The first-order valence-electron chi connectivity index (χ1n) is 21.7. The van der Waals surface area contributed by atoms with Crippen LogP contribution in [-0.2, 0) is 18.9 Å². The first-order chi connectivity index (χ1) is 24.0. The zero-order chi connectivity index (χ0) is 37.1. The number of allylic oxidation sites excluding steroid dienone is 1. The van der Waals surface area contributed by atoms with Crippen LogP contribution in [0.15, 0.2) is 12.2 Å². The van der Waals surface area contributed by atoms with E-state index >= 15 is 0 Å². The standard InChI is InChI=1S/C22H44O3.C22H42O3/c2*1-5-7-8-9-10-11-12-13-14-15-16-17-18-20-21(19(23)6-2)25-22(3,4)24-20/h19-21,23H,5-18H2,1-4H3;17-21,23H,5-16H2,1-4H3/t2*19-,20+,21-/m00/s1. The highest BCUT2D eigenvalue weighted by atomic mass is 16.8. The van der Waals surface area contributed by atoms with Crippen molar-refractivity contribution in [3.8, 4) is 0 Å². The molecule has 0 aromatic carbocycles. The van der Waals surface area contributed by atoms with E-state index < -0.39 is 23.8 Å². The molecule has 0 bridgehead atoms. The number of unbranched alkanes of at least 4 members (excludes halogenated alkanes) is 21. The summed E-state index contributed by atoms with van der Waals surface area (Å²) in [6.45, 7) is 16.3. The Hall–Kier alpha value is -0.500. The number of rotatable bonds is 29. The molecule has 2 heterocycles. The van der Waals surface area contributed by atoms with Crippen molar-refractivity contribution in [1.29, 1.82) is 0 Å². The highest BCUT2D eigenvalue weighted by Crippen LogP contribution is 2.34. The second-order valence-electron chi connectivity index (χ2n) is 16.2. The topological polar surface area (TPSA) is 77.4 Å². The van der Waals surface area contributed by atoms with E-state index in [-0.39, 0.29) is 24.4 Å². The molecule has 0 radical (unpaired) electrons. The molecule has 2 rings (SSSR count). The van der Waals surface area contributed by atoms with Gasteiger partial charge in [-0.2, -0.15) is 0 Å². The first kappa shape index (κ1) is 47.5. The van der Waals surface area contributed by atoms with Gasteiger partial charge in [0.15, 0.2) is 11.6 Å². The summed E-state index contributed by atoms with van der Waals surface area (Å²) >= 11 is 0. The average Bonchev–Trinajstić information content (AvgIpc) is 3.58. The smallest absolute Gasteiger partial charge is 0.164 e. The molecule has 2 saturated heterocycles. The largest absolute Gasteiger partial charge is 0.390 e. The first-order valence-corrected chi connectivity index (χ1v) is 21.7. The summed E-state index contributed by atoms with van der Waals surface area (Å²) in [6, 6.07) is 0. The van der Waals surface area contributed by atoms with Crippen LogP contribution in [0, 0.1) is 0 Å². The summed E-state index contributed by atoms with van der Waals surface area (Å²) in [5.41, 5.74) is 0. The van der Waals surface area contributed by atoms with Gasteiger partial charge in [0.25, 0.3) is 0 Å². The minimum absolute atomic E-state index is 0.0491. The van der Waals surface area contributed by atoms with E-state index in [0.29, 0.717) is 6.42 Å². The van der Waals surface area contributed by atoms with Crippen LogP contribution in [-0.4, -0.2) is 58.4 Å². The minimum atomic E-state index is -0.604. The zero-order valence-electron chi connectivity index (χ0n) is 34.5. The van der Waals surface area contributed by atoms with E-state index in [4.69, 9.17) is 18.9 Å². The molecule has 0 unspecified atom stereocenters. The third-order valence-corrected chi connectivity index (χ3v) is 10.4. The SMILES string of the molecule is CCCCCCCCCCCCC=C[C@H]1OC(C)(C)O[C@H]1[C@@H](O)CC.CCCCCCCCCCCCCC[C@H]1OC(C)(C)O[C@H]1[C@@H](O)CC. The second-order valence-corrected chi connectivity index (χ2v) is 16.2. The van der Waals surface area contributed by atoms with Crippen LogP contribution in [0.4, 0.5) is 0 Å². The summed E-state index contributed by atoms with van der Waals surface area (Å²) in [7, 11) is 0. The van der Waals surface area contributed by atoms with Gasteiger partial charge in [-0.3, -0.25) is 0 Å². The Bertz CT molecular complexity index is 797. The fourth-order valence-electron chi connectivity index (χ4n) is 7.31. The van der Waals surface area contributed by atoms with Gasteiger partial charge >= 0.3 is 0 Å². The second kappa shape index (κ2) is 28.9. The molecular weight excluding hydrogens is 624 g/mol. The van der Waals surface area contributed by atoms with Crippen LogP contribution in [0.3, 0.4) is 0 Å². The number of aliphatic hydroxyl groups is 2. The molecule has 0 spiro atoms. The molecule has 0 aromatic heterocycles. The van der Waals surface area contributed by atoms with Crippen molar-refractivity contribution in [3.05, 3.63) is 12.2 Å². The maximum absolute atomic E-state index is 10.1. The third-order valence-electron chi connectivity index (χ3n) is 10.4. The van der Waals surface area contributed by atoms with Crippen molar-refractivity contribution in [2.24, 2.45) is 0 Å². The molecule has 6 atom stereocenters. The molecule has 6 heteroatoms. The van der Waals surface area contributed by atoms with Crippen LogP contribution in [0.25, 0.3) is 0 Å². The zero-order valence-corrected chi connectivity index (χ0v) is 34.5. The lowest BCUT2D eigenvalue weighted by Crippen LogP contribution is -2.35. The number of ether oxygens (including phenoxy) is 4. The van der Waals surface area contributed by atoms with E-state index in [1.807, 2.05) is 41.5 Å². The van der Waals surface area contributed by atoms with E-state index in [9.17, 15) is 10.2 Å². The fraction of sp³-hybridized carbons (Fsp3) is 0.955. The maximum Gasteiger partial charge on any atom is 0.164 e. The predicted octanol–water partition coefficient (Wildman–Crippen LogP) is 12.5. The van der Waals surface area contributed by atoms with Crippen LogP contribution in [0.5, 0.6) is 0 Å². The van der Waals surface area contributed by atoms with Crippen molar-refractivity contribution in [2.45, 2.75) is 271 Å². The summed E-state index contributed by atoms with van der Waals surface area (Å²) < 4.78 is 23.7. The quantitative estimate of drug-likeness (QED) is 0.0594. The van der Waals surface area contributed by atoms with Crippen molar-refractivity contribution in [1.82, 2.24) is 0 Å². The normalized spacial score (nSPS) is 24.0. The van der Waals surface area contributed by atoms with Gasteiger partial charge in [-0.1, -0.05) is 175 Å². The van der Waals surface area contributed by atoms with E-state index in [2.05, 4.69) is 26.0 Å². The Labute approximate surface area is 311 Å². The van der Waals surface area contributed by atoms with Crippen LogP contribution in [0.1, 0.15) is 222 Å². The molecule has 2 N–H and O–H groups in total. The van der Waals surface area contributed by atoms with Crippen molar-refractivity contribution in [2.75, 3.05) is 0 Å². The average molecular weight is 711 g/mol. The highest BCUT2D eigenvalue weighted by Gasteiger charge is 2.44. The maximum atomic E-state index is 10.1. The van der Waals surface area contributed by atoms with Gasteiger partial charge in [0.2, 0.25) is 0 Å². The molecule has 2 fully saturated rings. The van der Waals surface area contributed by atoms with Crippen LogP contribution >= 0.6 is 0 Å². The summed E-state index contributed by atoms with van der Waals surface area (Å²) in [4.78, 5) is 0. The van der Waals surface area contributed by atoms with E-state index in [1.54, 1.807) is 0 Å². The predicted molar refractivity (Wildman–Crippen MR) is 212 cm³/mol. The fourth-order valence-corrected chi connectivity index (χ4v) is 7.31. The van der Waals surface area contributed by atoms with Gasteiger partial charge in [-0.15, -0.1) is 0 Å². The summed E-state index contributed by atoms with van der Waals surface area (Å²) in [6.07, 6.45) is 36.5. The molecule has 0 aromatic rings. The van der Waals surface area contributed by atoms with Gasteiger partial charge in [0, 0.05) is 0 Å². The molecule has 298 valence electrons. The third kappa shape index (κ3) is 22.5. The van der Waals surface area contributed by atoms with Crippen LogP contribution < -0.4 is 0 Å². The Morgan fingerprint density at radius 1 is 0.480 bits per heavy atom. The summed E-state index contributed by atoms with van der Waals surface area (Å²) in [5.74, 6) is -1.16. The Balaban J connectivity index is 0.000000500. The van der Waals surface area contributed by atoms with Crippen molar-refractivity contribution >= 4 is 0 Å².